The molecular formula is C21H38O4. The third-order valence-electron chi connectivity index (χ3n) is 4.36. The number of carbonyl (C=O) groups is 2. The molecule has 0 aliphatic rings. The second-order valence-electron chi connectivity index (χ2n) is 6.69. The molecule has 0 aromatic heterocycles. The number of aliphatic carboxylic acids is 1. The van der Waals surface area contributed by atoms with Gasteiger partial charge in [-0.25, -0.2) is 0 Å². The van der Waals surface area contributed by atoms with Gasteiger partial charge in [0, 0.05) is 6.42 Å². The van der Waals surface area contributed by atoms with Crippen molar-refractivity contribution in [3.8, 4) is 0 Å². The Kier molecular flexibility index (Phi) is 16.6. The van der Waals surface area contributed by atoms with Crippen LogP contribution in [0, 0.1) is 5.92 Å². The summed E-state index contributed by atoms with van der Waals surface area (Å²) < 4.78 is 4.88. The molecule has 1 N–H and O–H groups in total. The molecule has 0 heterocycles. The van der Waals surface area contributed by atoms with E-state index in [2.05, 4.69) is 6.92 Å². The van der Waals surface area contributed by atoms with Crippen LogP contribution in [0.4, 0.5) is 0 Å². The average molecular weight is 355 g/mol. The van der Waals surface area contributed by atoms with Gasteiger partial charge in [0.2, 0.25) is 0 Å². The number of carbonyl (C=O) groups excluding carboxylic acids is 1. The molecule has 0 aromatic carbocycles. The standard InChI is InChI=1S/C21H38O4/c1-3-5-6-7-8-9-10-13-16-19(21(23)24)17-14-11-12-15-18-20(22)25-4-2/h13,16,19H,3-12,14-15,17-18H2,1-2H3,(H,23,24). The van der Waals surface area contributed by atoms with Crippen molar-refractivity contribution < 1.29 is 19.4 Å². The van der Waals surface area contributed by atoms with Crippen molar-refractivity contribution in [1.82, 2.24) is 0 Å². The highest BCUT2D eigenvalue weighted by Gasteiger charge is 2.12. The van der Waals surface area contributed by atoms with Crippen LogP contribution in [0.25, 0.3) is 0 Å². The van der Waals surface area contributed by atoms with Gasteiger partial charge in [-0.05, 0) is 32.6 Å². The lowest BCUT2D eigenvalue weighted by Gasteiger charge is -2.07. The minimum Gasteiger partial charge on any atom is -0.481 e. The summed E-state index contributed by atoms with van der Waals surface area (Å²) in [7, 11) is 0. The molecule has 0 spiro atoms. The highest BCUT2D eigenvalue weighted by atomic mass is 16.5. The maximum atomic E-state index is 11.3. The van der Waals surface area contributed by atoms with E-state index in [-0.39, 0.29) is 11.9 Å². The van der Waals surface area contributed by atoms with Gasteiger partial charge in [0.15, 0.2) is 0 Å². The van der Waals surface area contributed by atoms with E-state index in [1.165, 1.54) is 32.1 Å². The van der Waals surface area contributed by atoms with Crippen LogP contribution in [0.2, 0.25) is 0 Å². The zero-order valence-corrected chi connectivity index (χ0v) is 16.3. The molecule has 0 saturated carbocycles. The maximum Gasteiger partial charge on any atom is 0.310 e. The van der Waals surface area contributed by atoms with E-state index in [9.17, 15) is 14.7 Å². The van der Waals surface area contributed by atoms with Crippen LogP contribution in [0.15, 0.2) is 12.2 Å². The summed E-state index contributed by atoms with van der Waals surface area (Å²) in [6.07, 6.45) is 17.2. The smallest absolute Gasteiger partial charge is 0.310 e. The number of unbranched alkanes of at least 4 members (excludes halogenated alkanes) is 9. The third kappa shape index (κ3) is 15.9. The van der Waals surface area contributed by atoms with Crippen LogP contribution in [-0.4, -0.2) is 23.7 Å². The Morgan fingerprint density at radius 1 is 0.920 bits per heavy atom. The number of esters is 1. The molecule has 0 aromatic rings. The van der Waals surface area contributed by atoms with Crippen molar-refractivity contribution in [2.24, 2.45) is 5.92 Å². The highest BCUT2D eigenvalue weighted by molar-refractivity contribution is 5.72. The summed E-state index contributed by atoms with van der Waals surface area (Å²) in [6.45, 7) is 4.46. The lowest BCUT2D eigenvalue weighted by Crippen LogP contribution is -2.10. The Balaban J connectivity index is 3.72. The van der Waals surface area contributed by atoms with E-state index in [1.54, 1.807) is 0 Å². The van der Waals surface area contributed by atoms with Gasteiger partial charge in [-0.3, -0.25) is 9.59 Å². The number of ether oxygens (including phenoxy) is 1. The number of carboxylic acid groups (broad SMARTS) is 1. The fourth-order valence-corrected chi connectivity index (χ4v) is 2.83. The van der Waals surface area contributed by atoms with Gasteiger partial charge in [0.05, 0.1) is 12.5 Å². The molecule has 1 unspecified atom stereocenters. The molecule has 1 atom stereocenters. The van der Waals surface area contributed by atoms with Crippen molar-refractivity contribution in [3.63, 3.8) is 0 Å². The van der Waals surface area contributed by atoms with Gasteiger partial charge in [-0.2, -0.15) is 0 Å². The first kappa shape index (κ1) is 23.7. The van der Waals surface area contributed by atoms with Gasteiger partial charge in [0.1, 0.15) is 0 Å². The monoisotopic (exact) mass is 354 g/mol. The van der Waals surface area contributed by atoms with E-state index in [4.69, 9.17) is 4.74 Å². The van der Waals surface area contributed by atoms with E-state index in [0.29, 0.717) is 19.4 Å². The lowest BCUT2D eigenvalue weighted by atomic mass is 9.99. The summed E-state index contributed by atoms with van der Waals surface area (Å²) in [4.78, 5) is 22.5. The minimum atomic E-state index is -0.731. The van der Waals surface area contributed by atoms with Crippen LogP contribution in [0.1, 0.15) is 97.3 Å². The average Bonchev–Trinajstić information content (AvgIpc) is 2.58. The van der Waals surface area contributed by atoms with Crippen LogP contribution in [-0.2, 0) is 14.3 Å². The molecule has 0 radical (unpaired) electrons. The zero-order chi connectivity index (χ0) is 18.8. The first-order chi connectivity index (χ1) is 12.1. The minimum absolute atomic E-state index is 0.136. The maximum absolute atomic E-state index is 11.3. The molecule has 0 saturated heterocycles. The topological polar surface area (TPSA) is 63.6 Å². The van der Waals surface area contributed by atoms with E-state index < -0.39 is 5.97 Å². The first-order valence-electron chi connectivity index (χ1n) is 10.2. The molecule has 0 amide bonds. The number of hydrogen-bond donors (Lipinski definition) is 1. The predicted octanol–water partition coefficient (Wildman–Crippen LogP) is 5.90. The summed E-state index contributed by atoms with van der Waals surface area (Å²) in [5.74, 6) is -1.24. The normalized spacial score (nSPS) is 12.4. The van der Waals surface area contributed by atoms with Crippen molar-refractivity contribution in [1.29, 1.82) is 0 Å². The van der Waals surface area contributed by atoms with E-state index >= 15 is 0 Å². The van der Waals surface area contributed by atoms with E-state index in [0.717, 1.165) is 38.5 Å². The van der Waals surface area contributed by atoms with Gasteiger partial charge < -0.3 is 9.84 Å². The van der Waals surface area contributed by atoms with E-state index in [1.807, 2.05) is 19.1 Å². The molecular weight excluding hydrogens is 316 g/mol. The summed E-state index contributed by atoms with van der Waals surface area (Å²) in [5.41, 5.74) is 0. The summed E-state index contributed by atoms with van der Waals surface area (Å²) >= 11 is 0. The quantitative estimate of drug-likeness (QED) is 0.201. The molecule has 25 heavy (non-hydrogen) atoms. The summed E-state index contributed by atoms with van der Waals surface area (Å²) in [5, 5.41) is 9.30. The number of hydrogen-bond acceptors (Lipinski definition) is 3. The molecule has 4 heteroatoms. The van der Waals surface area contributed by atoms with Crippen molar-refractivity contribution in [2.75, 3.05) is 6.61 Å². The van der Waals surface area contributed by atoms with Crippen LogP contribution >= 0.6 is 0 Å². The zero-order valence-electron chi connectivity index (χ0n) is 16.3. The fourth-order valence-electron chi connectivity index (χ4n) is 2.83. The molecule has 0 aliphatic heterocycles. The Labute approximate surface area is 154 Å². The van der Waals surface area contributed by atoms with Gasteiger partial charge in [0.25, 0.3) is 0 Å². The second kappa shape index (κ2) is 17.5. The Morgan fingerprint density at radius 3 is 2.24 bits per heavy atom. The second-order valence-corrected chi connectivity index (χ2v) is 6.69. The SMILES string of the molecule is CCCCCCCCC=CC(CCCCCCC(=O)OCC)C(=O)O. The van der Waals surface area contributed by atoms with Gasteiger partial charge >= 0.3 is 11.9 Å². The van der Waals surface area contributed by atoms with Crippen LogP contribution in [0.5, 0.6) is 0 Å². The van der Waals surface area contributed by atoms with Crippen molar-refractivity contribution in [3.05, 3.63) is 12.2 Å². The molecule has 0 rings (SSSR count). The van der Waals surface area contributed by atoms with Crippen molar-refractivity contribution in [2.45, 2.75) is 97.3 Å². The molecule has 146 valence electrons. The van der Waals surface area contributed by atoms with Crippen LogP contribution < -0.4 is 0 Å². The first-order valence-corrected chi connectivity index (χ1v) is 10.2. The Morgan fingerprint density at radius 2 is 1.56 bits per heavy atom. The Bertz CT molecular complexity index is 363. The highest BCUT2D eigenvalue weighted by Crippen LogP contribution is 2.15. The third-order valence-corrected chi connectivity index (χ3v) is 4.36. The lowest BCUT2D eigenvalue weighted by molar-refractivity contribution is -0.143. The largest absolute Gasteiger partial charge is 0.481 e. The van der Waals surface area contributed by atoms with Crippen LogP contribution in [0.3, 0.4) is 0 Å². The molecule has 0 bridgehead atoms. The number of allylic oxidation sites excluding steroid dienone is 1. The number of rotatable bonds is 17. The predicted molar refractivity (Wildman–Crippen MR) is 103 cm³/mol. The molecule has 0 fully saturated rings. The van der Waals surface area contributed by atoms with Gasteiger partial charge in [-0.1, -0.05) is 70.4 Å². The van der Waals surface area contributed by atoms with Gasteiger partial charge in [-0.15, -0.1) is 0 Å². The molecule has 0 aliphatic carbocycles. The fraction of sp³-hybridized carbons (Fsp3) is 0.810. The Hall–Kier alpha value is -1.32. The van der Waals surface area contributed by atoms with Crippen molar-refractivity contribution >= 4 is 11.9 Å². The molecule has 4 nitrogen and oxygen atoms in total. The number of carboxylic acids is 1. The summed E-state index contributed by atoms with van der Waals surface area (Å²) in [6, 6.07) is 0.